The van der Waals surface area contributed by atoms with Gasteiger partial charge in [-0.2, -0.15) is 5.10 Å². The summed E-state index contributed by atoms with van der Waals surface area (Å²) in [6, 6.07) is 13.7. The van der Waals surface area contributed by atoms with Crippen LogP contribution in [0.15, 0.2) is 60.9 Å². The van der Waals surface area contributed by atoms with Gasteiger partial charge in [-0.25, -0.2) is 14.2 Å². The minimum Gasteiger partial charge on any atom is -0.457 e. The molecule has 0 saturated heterocycles. The number of pyridine rings is 1. The van der Waals surface area contributed by atoms with Crippen LogP contribution in [0.2, 0.25) is 0 Å². The second-order valence-electron chi connectivity index (χ2n) is 10.4. The first-order chi connectivity index (χ1) is 19.2. The Morgan fingerprint density at radius 2 is 1.80 bits per heavy atom. The van der Waals surface area contributed by atoms with Crippen molar-refractivity contribution in [3.05, 3.63) is 77.9 Å². The molecule has 0 bridgehead atoms. The Hall–Kier alpha value is -4.44. The molecule has 2 aromatic carbocycles. The lowest BCUT2D eigenvalue weighted by Crippen LogP contribution is -2.23. The maximum Gasteiger partial charge on any atom is 0.323 e. The zero-order chi connectivity index (χ0) is 28.2. The zero-order valence-corrected chi connectivity index (χ0v) is 23.1. The van der Waals surface area contributed by atoms with E-state index in [2.05, 4.69) is 38.4 Å². The molecule has 3 heterocycles. The molecule has 9 nitrogen and oxygen atoms in total. The smallest absolute Gasteiger partial charge is 0.323 e. The van der Waals surface area contributed by atoms with Gasteiger partial charge in [0.25, 0.3) is 0 Å². The lowest BCUT2D eigenvalue weighted by molar-refractivity contribution is 0.262. The molecule has 0 atom stereocenters. The number of anilines is 3. The number of ether oxygens (including phenoxy) is 1. The van der Waals surface area contributed by atoms with Crippen molar-refractivity contribution in [2.45, 2.75) is 52.7 Å². The number of carbonyl (C=O) groups excluding carboxylic acids is 1. The molecule has 4 N–H and O–H groups in total. The monoisotopic (exact) mass is 543 g/mol. The van der Waals surface area contributed by atoms with E-state index in [-0.39, 0.29) is 17.8 Å². The summed E-state index contributed by atoms with van der Waals surface area (Å²) in [5.41, 5.74) is 4.70. The van der Waals surface area contributed by atoms with Crippen LogP contribution in [-0.2, 0) is 13.0 Å². The highest BCUT2D eigenvalue weighted by molar-refractivity contribution is 6.02. The Bertz CT molecular complexity index is 1520. The van der Waals surface area contributed by atoms with Gasteiger partial charge in [0.1, 0.15) is 28.8 Å². The Morgan fingerprint density at radius 1 is 1.00 bits per heavy atom. The van der Waals surface area contributed by atoms with Gasteiger partial charge in [-0.1, -0.05) is 12.1 Å². The van der Waals surface area contributed by atoms with Crippen LogP contribution in [0.3, 0.4) is 0 Å². The van der Waals surface area contributed by atoms with Crippen molar-refractivity contribution in [1.29, 1.82) is 0 Å². The van der Waals surface area contributed by atoms with E-state index in [1.165, 1.54) is 23.3 Å². The van der Waals surface area contributed by atoms with Gasteiger partial charge in [0.15, 0.2) is 0 Å². The molecule has 4 aromatic rings. The molecule has 0 radical (unpaired) electrons. The number of carbonyl (C=O) groups is 1. The van der Waals surface area contributed by atoms with E-state index in [9.17, 15) is 9.18 Å². The van der Waals surface area contributed by atoms with Crippen LogP contribution in [0.25, 0.3) is 11.3 Å². The standard InChI is InChI=1S/C30H34FN7O2/c1-18(2)34-28-15-24(10-12-33-28)40-23-7-8-26(25(31)14-23)35-30(39)36-27-17-38(19(3)4)37-29(27)21-5-6-22-16-32-11-9-20(22)13-21/h5-8,10,12-15,17-19,32H,9,11,16H2,1-4H3,(H,33,34)(H2,35,36,39). The summed E-state index contributed by atoms with van der Waals surface area (Å²) >= 11 is 0. The third kappa shape index (κ3) is 6.40. The fourth-order valence-corrected chi connectivity index (χ4v) is 4.51. The molecule has 0 spiro atoms. The molecule has 1 aliphatic rings. The van der Waals surface area contributed by atoms with Gasteiger partial charge in [0.2, 0.25) is 0 Å². The van der Waals surface area contributed by atoms with Crippen molar-refractivity contribution in [2.75, 3.05) is 22.5 Å². The van der Waals surface area contributed by atoms with Gasteiger partial charge < -0.3 is 26.0 Å². The Balaban J connectivity index is 1.30. The number of nitrogens with zero attached hydrogens (tertiary/aromatic N) is 3. The fraction of sp³-hybridized carbons (Fsp3) is 0.300. The second-order valence-corrected chi connectivity index (χ2v) is 10.4. The number of aromatic nitrogens is 3. The summed E-state index contributed by atoms with van der Waals surface area (Å²) in [6.07, 6.45) is 4.35. The van der Waals surface area contributed by atoms with Crippen LogP contribution in [0.4, 0.5) is 26.4 Å². The minimum atomic E-state index is -0.622. The van der Waals surface area contributed by atoms with Crippen LogP contribution >= 0.6 is 0 Å². The second kappa shape index (κ2) is 11.7. The summed E-state index contributed by atoms with van der Waals surface area (Å²) in [7, 11) is 0. The number of benzene rings is 2. The molecular weight excluding hydrogens is 509 g/mol. The zero-order valence-electron chi connectivity index (χ0n) is 23.1. The topological polar surface area (TPSA) is 105 Å². The first kappa shape index (κ1) is 27.1. The molecule has 40 heavy (non-hydrogen) atoms. The number of fused-ring (bicyclic) bond motifs is 1. The SMILES string of the molecule is CC(C)Nc1cc(Oc2ccc(NC(=O)Nc3cn(C(C)C)nc3-c3ccc4c(c3)CCNC4)c(F)c2)ccn1. The number of hydrogen-bond donors (Lipinski definition) is 4. The molecule has 2 amide bonds. The number of nitrogens with one attached hydrogen (secondary N) is 4. The summed E-state index contributed by atoms with van der Waals surface area (Å²) in [5, 5.41) is 16.8. The summed E-state index contributed by atoms with van der Waals surface area (Å²) < 4.78 is 22.6. The van der Waals surface area contributed by atoms with Gasteiger partial charge in [-0.3, -0.25) is 4.68 Å². The van der Waals surface area contributed by atoms with E-state index >= 15 is 0 Å². The average Bonchev–Trinajstić information content (AvgIpc) is 3.34. The quantitative estimate of drug-likeness (QED) is 0.200. The van der Waals surface area contributed by atoms with Gasteiger partial charge in [0, 0.05) is 48.7 Å². The molecule has 208 valence electrons. The van der Waals surface area contributed by atoms with Crippen LogP contribution < -0.4 is 26.0 Å². The Labute approximate surface area is 233 Å². The lowest BCUT2D eigenvalue weighted by atomic mass is 9.97. The molecule has 5 rings (SSSR count). The maximum absolute atomic E-state index is 14.9. The van der Waals surface area contributed by atoms with E-state index in [1.807, 2.05) is 33.8 Å². The predicted octanol–water partition coefficient (Wildman–Crippen LogP) is 6.57. The van der Waals surface area contributed by atoms with Crippen molar-refractivity contribution in [3.8, 4) is 22.8 Å². The lowest BCUT2D eigenvalue weighted by Gasteiger charge is -2.17. The molecule has 0 fully saturated rings. The van der Waals surface area contributed by atoms with E-state index in [1.54, 1.807) is 35.3 Å². The van der Waals surface area contributed by atoms with Gasteiger partial charge >= 0.3 is 6.03 Å². The normalized spacial score (nSPS) is 12.8. The van der Waals surface area contributed by atoms with Crippen LogP contribution in [0.5, 0.6) is 11.5 Å². The van der Waals surface area contributed by atoms with E-state index in [0.29, 0.717) is 28.7 Å². The van der Waals surface area contributed by atoms with Crippen molar-refractivity contribution < 1.29 is 13.9 Å². The van der Waals surface area contributed by atoms with Crippen LogP contribution in [0, 0.1) is 5.82 Å². The summed E-state index contributed by atoms with van der Waals surface area (Å²) in [4.78, 5) is 17.2. The minimum absolute atomic E-state index is 0.0285. The van der Waals surface area contributed by atoms with E-state index < -0.39 is 11.8 Å². The Kier molecular flexibility index (Phi) is 7.97. The summed E-state index contributed by atoms with van der Waals surface area (Å²) in [6.45, 7) is 9.83. The van der Waals surface area contributed by atoms with Gasteiger partial charge in [-0.05, 0) is 76.1 Å². The largest absolute Gasteiger partial charge is 0.457 e. The number of rotatable bonds is 8. The highest BCUT2D eigenvalue weighted by Crippen LogP contribution is 2.31. The molecule has 0 aliphatic carbocycles. The van der Waals surface area contributed by atoms with Crippen molar-refractivity contribution in [2.24, 2.45) is 0 Å². The maximum atomic E-state index is 14.9. The molecule has 2 aromatic heterocycles. The summed E-state index contributed by atoms with van der Waals surface area (Å²) in [5.74, 6) is 0.858. The highest BCUT2D eigenvalue weighted by atomic mass is 19.1. The van der Waals surface area contributed by atoms with Gasteiger partial charge in [-0.15, -0.1) is 0 Å². The van der Waals surface area contributed by atoms with Gasteiger partial charge in [0.05, 0.1) is 11.4 Å². The average molecular weight is 544 g/mol. The molecule has 10 heteroatoms. The molecular formula is C30H34FN7O2. The number of halogens is 1. The van der Waals surface area contributed by atoms with E-state index in [4.69, 9.17) is 9.84 Å². The van der Waals surface area contributed by atoms with Crippen LogP contribution in [-0.4, -0.2) is 33.4 Å². The first-order valence-corrected chi connectivity index (χ1v) is 13.4. The van der Waals surface area contributed by atoms with Crippen molar-refractivity contribution in [1.82, 2.24) is 20.1 Å². The number of urea groups is 1. The third-order valence-electron chi connectivity index (χ3n) is 6.47. The fourth-order valence-electron chi connectivity index (χ4n) is 4.51. The predicted molar refractivity (Wildman–Crippen MR) is 156 cm³/mol. The first-order valence-electron chi connectivity index (χ1n) is 13.4. The Morgan fingerprint density at radius 3 is 2.58 bits per heavy atom. The molecule has 0 saturated carbocycles. The highest BCUT2D eigenvalue weighted by Gasteiger charge is 2.18. The molecule has 0 unspecified atom stereocenters. The van der Waals surface area contributed by atoms with Crippen molar-refractivity contribution in [3.63, 3.8) is 0 Å². The molecule has 1 aliphatic heterocycles. The van der Waals surface area contributed by atoms with E-state index in [0.717, 1.165) is 25.1 Å². The third-order valence-corrected chi connectivity index (χ3v) is 6.47. The van der Waals surface area contributed by atoms with Crippen molar-refractivity contribution >= 4 is 23.2 Å². The number of amides is 2. The number of hydrogen-bond acceptors (Lipinski definition) is 6. The van der Waals surface area contributed by atoms with Crippen LogP contribution in [0.1, 0.15) is 44.9 Å².